The van der Waals surface area contributed by atoms with Crippen LogP contribution in [0.4, 0.5) is 10.1 Å². The van der Waals surface area contributed by atoms with Crippen molar-refractivity contribution < 1.29 is 17.7 Å². The van der Waals surface area contributed by atoms with Crippen molar-refractivity contribution in [1.29, 1.82) is 0 Å². The van der Waals surface area contributed by atoms with E-state index in [4.69, 9.17) is 5.73 Å². The quantitative estimate of drug-likeness (QED) is 0.664. The first kappa shape index (κ1) is 15.8. The van der Waals surface area contributed by atoms with E-state index in [1.807, 2.05) is 0 Å². The molecule has 0 bridgehead atoms. The molecule has 1 aromatic carbocycles. The predicted molar refractivity (Wildman–Crippen MR) is 73.6 cm³/mol. The maximum atomic E-state index is 14.0. The van der Waals surface area contributed by atoms with Crippen LogP contribution in [0.3, 0.4) is 0 Å². The van der Waals surface area contributed by atoms with Gasteiger partial charge in [0.05, 0.1) is 11.0 Å². The standard InChI is InChI=1S/C12H16FN3O4S/c13-11-7-9(16(17)18)4-5-12(11)21(19,20)15-6-2-1-3-10(15)8-14/h4-5,7,10H,1-3,6,8,14H2. The maximum Gasteiger partial charge on any atom is 0.272 e. The number of nitrogens with zero attached hydrogens (tertiary/aromatic N) is 2. The van der Waals surface area contributed by atoms with Gasteiger partial charge in [0.15, 0.2) is 0 Å². The van der Waals surface area contributed by atoms with Gasteiger partial charge in [0.1, 0.15) is 10.7 Å². The van der Waals surface area contributed by atoms with Crippen LogP contribution in [0.25, 0.3) is 0 Å². The smallest absolute Gasteiger partial charge is 0.272 e. The summed E-state index contributed by atoms with van der Waals surface area (Å²) in [7, 11) is -4.04. The highest BCUT2D eigenvalue weighted by Gasteiger charge is 2.34. The highest BCUT2D eigenvalue weighted by Crippen LogP contribution is 2.28. The molecule has 1 aromatic rings. The van der Waals surface area contributed by atoms with E-state index >= 15 is 0 Å². The van der Waals surface area contributed by atoms with Crippen LogP contribution in [0.5, 0.6) is 0 Å². The van der Waals surface area contributed by atoms with Gasteiger partial charge < -0.3 is 5.73 Å². The lowest BCUT2D eigenvalue weighted by atomic mass is 10.1. The van der Waals surface area contributed by atoms with Gasteiger partial charge in [0.2, 0.25) is 10.0 Å². The second-order valence-electron chi connectivity index (χ2n) is 4.87. The fraction of sp³-hybridized carbons (Fsp3) is 0.500. The lowest BCUT2D eigenvalue weighted by Crippen LogP contribution is -2.47. The SMILES string of the molecule is NCC1CCCCN1S(=O)(=O)c1ccc([N+](=O)[O-])cc1F. The first-order valence-electron chi connectivity index (χ1n) is 6.53. The normalized spacial score (nSPS) is 20.4. The number of nitro benzene ring substituents is 1. The van der Waals surface area contributed by atoms with E-state index in [2.05, 4.69) is 0 Å². The summed E-state index contributed by atoms with van der Waals surface area (Å²) >= 11 is 0. The molecule has 116 valence electrons. The van der Waals surface area contributed by atoms with E-state index in [1.54, 1.807) is 0 Å². The summed E-state index contributed by atoms with van der Waals surface area (Å²) in [6.45, 7) is 0.439. The Morgan fingerprint density at radius 1 is 1.43 bits per heavy atom. The highest BCUT2D eigenvalue weighted by atomic mass is 32.2. The average molecular weight is 317 g/mol. The number of non-ortho nitro benzene ring substituents is 1. The Morgan fingerprint density at radius 3 is 2.71 bits per heavy atom. The van der Waals surface area contributed by atoms with Crippen LogP contribution in [0.2, 0.25) is 0 Å². The molecule has 9 heteroatoms. The van der Waals surface area contributed by atoms with Crippen molar-refractivity contribution in [1.82, 2.24) is 4.31 Å². The van der Waals surface area contributed by atoms with Crippen LogP contribution in [0.15, 0.2) is 23.1 Å². The summed E-state index contributed by atoms with van der Waals surface area (Å²) in [5.41, 5.74) is 5.10. The number of benzene rings is 1. The lowest BCUT2D eigenvalue weighted by molar-refractivity contribution is -0.385. The molecule has 1 heterocycles. The zero-order valence-corrected chi connectivity index (χ0v) is 12.1. The van der Waals surface area contributed by atoms with Crippen LogP contribution >= 0.6 is 0 Å². The van der Waals surface area contributed by atoms with Crippen LogP contribution in [0.1, 0.15) is 19.3 Å². The molecule has 1 saturated heterocycles. The Hall–Kier alpha value is -1.58. The lowest BCUT2D eigenvalue weighted by Gasteiger charge is -2.33. The number of hydrogen-bond donors (Lipinski definition) is 1. The van der Waals surface area contributed by atoms with Gasteiger partial charge in [-0.2, -0.15) is 4.31 Å². The van der Waals surface area contributed by atoms with Crippen molar-refractivity contribution in [3.63, 3.8) is 0 Å². The molecule has 0 radical (unpaired) electrons. The summed E-state index contributed by atoms with van der Waals surface area (Å²) in [6, 6.07) is 2.18. The first-order valence-corrected chi connectivity index (χ1v) is 7.98. The number of piperidine rings is 1. The Morgan fingerprint density at radius 2 is 2.14 bits per heavy atom. The van der Waals surface area contributed by atoms with Crippen LogP contribution in [-0.2, 0) is 10.0 Å². The molecule has 21 heavy (non-hydrogen) atoms. The van der Waals surface area contributed by atoms with E-state index in [-0.39, 0.29) is 19.1 Å². The summed E-state index contributed by atoms with van der Waals surface area (Å²) < 4.78 is 40.2. The molecule has 1 unspecified atom stereocenters. The summed E-state index contributed by atoms with van der Waals surface area (Å²) in [6.07, 6.45) is 2.19. The molecular formula is C12H16FN3O4S. The number of sulfonamides is 1. The van der Waals surface area contributed by atoms with E-state index < -0.39 is 31.3 Å². The Labute approximate surface area is 121 Å². The minimum Gasteiger partial charge on any atom is -0.329 e. The van der Waals surface area contributed by atoms with E-state index in [0.717, 1.165) is 18.6 Å². The molecular weight excluding hydrogens is 301 g/mol. The highest BCUT2D eigenvalue weighted by molar-refractivity contribution is 7.89. The molecule has 1 fully saturated rings. The van der Waals surface area contributed by atoms with Gasteiger partial charge in [-0.05, 0) is 18.9 Å². The van der Waals surface area contributed by atoms with E-state index in [0.29, 0.717) is 18.9 Å². The van der Waals surface area contributed by atoms with E-state index in [9.17, 15) is 22.9 Å². The minimum atomic E-state index is -4.04. The van der Waals surface area contributed by atoms with Gasteiger partial charge >= 0.3 is 0 Å². The van der Waals surface area contributed by atoms with Crippen molar-refractivity contribution in [3.8, 4) is 0 Å². The summed E-state index contributed by atoms with van der Waals surface area (Å²) in [5.74, 6) is -1.12. The Kier molecular flexibility index (Phi) is 4.55. The molecule has 0 spiro atoms. The molecule has 1 atom stereocenters. The second-order valence-corrected chi connectivity index (χ2v) is 6.73. The van der Waals surface area contributed by atoms with Gasteiger partial charge in [-0.25, -0.2) is 12.8 Å². The van der Waals surface area contributed by atoms with Crippen molar-refractivity contribution in [2.45, 2.75) is 30.2 Å². The van der Waals surface area contributed by atoms with Crippen LogP contribution < -0.4 is 5.73 Å². The number of nitro groups is 1. The molecule has 0 aliphatic carbocycles. The fourth-order valence-corrected chi connectivity index (χ4v) is 4.22. The molecule has 0 saturated carbocycles. The van der Waals surface area contributed by atoms with Gasteiger partial charge in [0.25, 0.3) is 5.69 Å². The third-order valence-electron chi connectivity index (χ3n) is 3.56. The van der Waals surface area contributed by atoms with Gasteiger partial charge in [-0.15, -0.1) is 0 Å². The average Bonchev–Trinajstić information content (AvgIpc) is 2.46. The molecule has 2 rings (SSSR count). The number of hydrogen-bond acceptors (Lipinski definition) is 5. The Bertz CT molecular complexity index is 650. The fourth-order valence-electron chi connectivity index (χ4n) is 2.46. The summed E-state index contributed by atoms with van der Waals surface area (Å²) in [5, 5.41) is 10.6. The van der Waals surface area contributed by atoms with Crippen molar-refractivity contribution in [2.75, 3.05) is 13.1 Å². The molecule has 1 aliphatic heterocycles. The van der Waals surface area contributed by atoms with Gasteiger partial charge in [-0.3, -0.25) is 10.1 Å². The maximum absolute atomic E-state index is 14.0. The molecule has 0 amide bonds. The van der Waals surface area contributed by atoms with Crippen molar-refractivity contribution in [2.24, 2.45) is 5.73 Å². The Balaban J connectivity index is 2.41. The third kappa shape index (κ3) is 3.04. The van der Waals surface area contributed by atoms with Crippen molar-refractivity contribution >= 4 is 15.7 Å². The van der Waals surface area contributed by atoms with Gasteiger partial charge in [0, 0.05) is 25.2 Å². The van der Waals surface area contributed by atoms with Gasteiger partial charge in [-0.1, -0.05) is 6.42 Å². The number of nitrogens with two attached hydrogens (primary N) is 1. The minimum absolute atomic E-state index is 0.161. The van der Waals surface area contributed by atoms with Crippen molar-refractivity contribution in [3.05, 3.63) is 34.1 Å². The zero-order valence-electron chi connectivity index (χ0n) is 11.2. The molecule has 2 N–H and O–H groups in total. The van der Waals surface area contributed by atoms with Crippen LogP contribution in [0, 0.1) is 15.9 Å². The molecule has 0 aromatic heterocycles. The first-order chi connectivity index (χ1) is 9.87. The second kappa shape index (κ2) is 6.04. The number of halogens is 1. The third-order valence-corrected chi connectivity index (χ3v) is 5.54. The number of rotatable bonds is 4. The zero-order chi connectivity index (χ0) is 15.6. The molecule has 7 nitrogen and oxygen atoms in total. The predicted octanol–water partition coefficient (Wildman–Crippen LogP) is 1.24. The van der Waals surface area contributed by atoms with Crippen LogP contribution in [-0.4, -0.2) is 36.8 Å². The topological polar surface area (TPSA) is 107 Å². The molecule has 1 aliphatic rings. The summed E-state index contributed by atoms with van der Waals surface area (Å²) in [4.78, 5) is 9.25. The largest absolute Gasteiger partial charge is 0.329 e. The van der Waals surface area contributed by atoms with E-state index in [1.165, 1.54) is 4.31 Å². The monoisotopic (exact) mass is 317 g/mol.